The molecule has 0 radical (unpaired) electrons. The molecule has 8 amide bonds. The van der Waals surface area contributed by atoms with Gasteiger partial charge in [-0.25, -0.2) is 24.4 Å². The zero-order chi connectivity index (χ0) is 68.6. The van der Waals surface area contributed by atoms with E-state index >= 15 is 0 Å². The molecule has 6 heterocycles. The number of H-pyrrole nitrogens is 1. The van der Waals surface area contributed by atoms with Crippen molar-refractivity contribution in [1.82, 2.24) is 61.2 Å². The summed E-state index contributed by atoms with van der Waals surface area (Å²) in [6, 6.07) is -2.52. The van der Waals surface area contributed by atoms with Crippen LogP contribution in [0.5, 0.6) is 0 Å². The highest BCUT2D eigenvalue weighted by molar-refractivity contribution is 8.00. The number of hydrogen-bond acceptors (Lipinski definition) is 25. The number of nitrogens with zero attached hydrogens (tertiary/aromatic N) is 6. The average Bonchev–Trinajstić information content (AvgIpc) is 1.49. The summed E-state index contributed by atoms with van der Waals surface area (Å²) in [5.74, 6) is -14.4. The maximum absolute atomic E-state index is 13.8. The topological polar surface area (TPSA) is 565 Å². The van der Waals surface area contributed by atoms with E-state index in [1.165, 1.54) is 56.5 Å². The third-order valence-electron chi connectivity index (χ3n) is 16.2. The average molecular weight is 1330 g/mol. The van der Waals surface area contributed by atoms with E-state index in [1.807, 2.05) is 0 Å². The monoisotopic (exact) mass is 1330 g/mol. The molecule has 17 N–H and O–H groups in total. The van der Waals surface area contributed by atoms with Crippen molar-refractivity contribution >= 4 is 117 Å². The normalized spacial score (nSPS) is 20.7. The first-order chi connectivity index (χ1) is 44.6. The molecule has 38 heteroatoms. The van der Waals surface area contributed by atoms with Crippen molar-refractivity contribution in [2.75, 3.05) is 57.3 Å². The number of primary amides is 1. The Labute approximate surface area is 535 Å². The molecule has 4 aliphatic heterocycles. The molecule has 1 aromatic carbocycles. The van der Waals surface area contributed by atoms with Crippen molar-refractivity contribution < 1.29 is 91.9 Å². The number of fused-ring (bicyclic) bond motifs is 5. The van der Waals surface area contributed by atoms with Gasteiger partial charge in [0.15, 0.2) is 28.6 Å². The Morgan fingerprint density at radius 2 is 1.55 bits per heavy atom. The Bertz CT molecular complexity index is 3770. The fourth-order valence-electron chi connectivity index (χ4n) is 11.7. The Morgan fingerprint density at radius 3 is 2.20 bits per heavy atom. The smallest absolute Gasteiger partial charge is 0.404 e. The zero-order valence-corrected chi connectivity index (χ0v) is 51.3. The van der Waals surface area contributed by atoms with Gasteiger partial charge in [0.1, 0.15) is 36.8 Å². The lowest BCUT2D eigenvalue weighted by Crippen LogP contribution is -2.56. The first-order valence-corrected chi connectivity index (χ1v) is 30.1. The molecule has 3 saturated heterocycles. The predicted molar refractivity (Wildman–Crippen MR) is 323 cm³/mol. The number of nitrogen functional groups attached to an aromatic ring is 1. The lowest BCUT2D eigenvalue weighted by atomic mass is 9.83. The Morgan fingerprint density at radius 1 is 0.862 bits per heavy atom. The first-order valence-electron chi connectivity index (χ1n) is 29.0. The van der Waals surface area contributed by atoms with Crippen molar-refractivity contribution in [1.29, 1.82) is 5.41 Å². The maximum Gasteiger partial charge on any atom is 0.404 e. The van der Waals surface area contributed by atoms with Gasteiger partial charge in [0.2, 0.25) is 53.0 Å². The number of anilines is 2. The zero-order valence-electron chi connectivity index (χ0n) is 50.5. The Kier molecular flexibility index (Phi) is 21.5. The van der Waals surface area contributed by atoms with Crippen molar-refractivity contribution in [2.45, 2.75) is 112 Å². The summed E-state index contributed by atoms with van der Waals surface area (Å²) in [7, 11) is 2.55. The van der Waals surface area contributed by atoms with Crippen molar-refractivity contribution in [2.24, 2.45) is 17.4 Å². The molecule has 0 saturated carbocycles. The minimum atomic E-state index is -1.98. The molecule has 3 aromatic rings. The number of imide groups is 1. The first kappa shape index (κ1) is 69.1. The minimum absolute atomic E-state index is 0.0156. The van der Waals surface area contributed by atoms with Gasteiger partial charge in [-0.1, -0.05) is 0 Å². The number of aliphatic carboxylic acids is 3. The molecule has 2 unspecified atom stereocenters. The van der Waals surface area contributed by atoms with Gasteiger partial charge in [-0.2, -0.15) is 4.98 Å². The molecule has 94 heavy (non-hydrogen) atoms. The molecular formula is C56H67N17O20S. The number of piperazine rings is 1. The van der Waals surface area contributed by atoms with Gasteiger partial charge in [-0.05, 0) is 56.9 Å². The lowest BCUT2D eigenvalue weighted by molar-refractivity contribution is -0.153. The number of thioether (sulfide) groups is 1. The molecule has 502 valence electrons. The molecular weight excluding hydrogens is 1260 g/mol. The predicted octanol–water partition coefficient (Wildman–Crippen LogP) is -3.92. The number of carbonyl (C=O) groups is 13. The fraction of sp³-hybridized carbons (Fsp3) is 0.464. The molecule has 2 aromatic heterocycles. The van der Waals surface area contributed by atoms with Crippen LogP contribution in [0.2, 0.25) is 0 Å². The highest BCUT2D eigenvalue weighted by Gasteiger charge is 2.77. The molecule has 37 nitrogen and oxygen atoms in total. The number of ketones is 2. The van der Waals surface area contributed by atoms with Crippen LogP contribution < -0.4 is 54.7 Å². The van der Waals surface area contributed by atoms with Gasteiger partial charge in [-0.3, -0.25) is 68.0 Å². The number of amides is 8. The molecule has 8 rings (SSSR count). The minimum Gasteiger partial charge on any atom is -0.492 e. The number of benzene rings is 1. The van der Waals surface area contributed by atoms with Crippen LogP contribution in [-0.2, 0) is 73.5 Å². The summed E-state index contributed by atoms with van der Waals surface area (Å²) < 4.78 is 16.5. The van der Waals surface area contributed by atoms with Gasteiger partial charge in [0.05, 0.1) is 54.9 Å². The third kappa shape index (κ3) is 15.1. The number of guanidine groups is 1. The fourth-order valence-corrected chi connectivity index (χ4v) is 12.9. The number of aromatic nitrogens is 4. The molecule has 0 bridgehead atoms. The molecule has 0 spiro atoms. The van der Waals surface area contributed by atoms with Crippen LogP contribution in [0.3, 0.4) is 0 Å². The second-order valence-corrected chi connectivity index (χ2v) is 23.4. The standard InChI is InChI=1S/C56H67N17O20S/c1-23-41(79)40-38(42(80)43(23)91-2)27(21-93-55(60)90)56(92-3)44-32(20-72(40)56)73(44)35(75)7-5-15-71-36(76)17-33(50(71)85)94-22-31(52(88)89)68-48(83)30(16-37(77)78)67-47(82)28(6-4-14-61-53(57)58)65-34(74)13-12-29(51(86)87)66-46(81)24-8-10-25(11-9-24)62-18-26-19-63-45-39(64-26)49(84)70-54(59)69-45/h8-11,19,27-33,44,62H,4-7,12-18,20-22H2,1-3H3,(H2,60,90)(H,65,74)(H,66,81)(H,67,82)(H,68,83)(H,77,78)(H,86,87)(H,88,89)(H4,57,58,61)(H3,59,63,69,70,84)/t27-,28+,29+,30+,31+,32?,33?,44+,56-,73?/m0/s1. The number of likely N-dealkylation sites (tertiary alicyclic amines) is 1. The van der Waals surface area contributed by atoms with Crippen molar-refractivity contribution in [3.05, 3.63) is 74.7 Å². The van der Waals surface area contributed by atoms with E-state index < -0.39 is 180 Å². The Balaban J connectivity index is 0.818. The van der Waals surface area contributed by atoms with Crippen molar-refractivity contribution in [3.63, 3.8) is 0 Å². The van der Waals surface area contributed by atoms with E-state index in [2.05, 4.69) is 51.8 Å². The van der Waals surface area contributed by atoms with E-state index in [1.54, 1.807) is 4.90 Å². The highest BCUT2D eigenvalue weighted by Crippen LogP contribution is 2.60. The second-order valence-electron chi connectivity index (χ2n) is 22.1. The van der Waals surface area contributed by atoms with E-state index in [-0.39, 0.29) is 97.1 Å². The molecule has 9 atom stereocenters. The molecule has 1 aliphatic carbocycles. The molecule has 5 aliphatic rings. The number of Topliss-reactive ketones (excluding diaryl/α,β-unsaturated/α-hetero) is 2. The third-order valence-corrected chi connectivity index (χ3v) is 17.4. The van der Waals surface area contributed by atoms with Crippen LogP contribution in [0, 0.1) is 11.3 Å². The van der Waals surface area contributed by atoms with Crippen LogP contribution in [0.4, 0.5) is 16.4 Å². The summed E-state index contributed by atoms with van der Waals surface area (Å²) in [4.78, 5) is 202. The van der Waals surface area contributed by atoms with E-state index in [0.717, 1.165) is 4.90 Å². The SMILES string of the molecule is COC1=C(C)C(=O)C2=C(C1=O)[C@H](COC(N)=O)[C@]1(OC)[C@H]3C(CN21)N3C(=O)CCCN1C(=O)CC(SC[C@@H](NC(=O)[C@@H](CC(=O)O)NC(=O)[C@@H](CCCNC(=N)N)NC(=O)CC[C@@H](NC(=O)c2ccc(NCc3cnc4nc(N)[nH]c(=O)c4n3)cc2)C(=O)O)C(=O)O)C1=O. The van der Waals surface area contributed by atoms with E-state index in [4.69, 9.17) is 36.8 Å². The molecule has 3 fully saturated rings. The highest BCUT2D eigenvalue weighted by atomic mass is 32.2. The number of nitrogens with two attached hydrogens (primary N) is 3. The largest absolute Gasteiger partial charge is 0.492 e. The van der Waals surface area contributed by atoms with Crippen LogP contribution in [-0.4, -0.2) is 226 Å². The maximum atomic E-state index is 13.8. The summed E-state index contributed by atoms with van der Waals surface area (Å²) in [6.07, 6.45) is -2.85. The number of carboxylic acid groups (broad SMARTS) is 3. The van der Waals surface area contributed by atoms with E-state index in [9.17, 15) is 82.4 Å². The van der Waals surface area contributed by atoms with Gasteiger partial charge in [0, 0.05) is 74.2 Å². The number of methoxy groups -OCH3 is 2. The summed E-state index contributed by atoms with van der Waals surface area (Å²) >= 11 is 0.686. The number of allylic oxidation sites excluding steroid dienone is 2. The van der Waals surface area contributed by atoms with Crippen LogP contribution >= 0.6 is 11.8 Å². The number of ether oxygens (including phenoxy) is 3. The summed E-state index contributed by atoms with van der Waals surface area (Å²) in [6.45, 7) is 0.851. The van der Waals surface area contributed by atoms with Gasteiger partial charge >= 0.3 is 24.0 Å². The number of aromatic amines is 1. The number of rotatable bonds is 32. The number of carboxylic acids is 3. The van der Waals surface area contributed by atoms with Crippen LogP contribution in [0.25, 0.3) is 11.2 Å². The van der Waals surface area contributed by atoms with Gasteiger partial charge in [0.25, 0.3) is 11.5 Å². The van der Waals surface area contributed by atoms with Gasteiger partial charge in [-0.15, -0.1) is 11.8 Å². The number of hydrogen-bond donors (Lipinski definition) is 14. The van der Waals surface area contributed by atoms with E-state index in [0.29, 0.717) is 23.1 Å². The summed E-state index contributed by atoms with van der Waals surface area (Å²) in [5.41, 5.74) is 15.1. The van der Waals surface area contributed by atoms with Gasteiger partial charge < -0.3 is 88.4 Å². The van der Waals surface area contributed by atoms with Crippen molar-refractivity contribution in [3.8, 4) is 0 Å². The lowest BCUT2D eigenvalue weighted by Gasteiger charge is -2.41. The van der Waals surface area contributed by atoms with Crippen LogP contribution in [0.15, 0.2) is 57.9 Å². The Hall–Kier alpha value is -10.8. The number of nitrogens with one attached hydrogen (secondary N) is 8. The number of carbonyl (C=O) groups excluding carboxylic acids is 10. The second kappa shape index (κ2) is 29.2. The van der Waals surface area contributed by atoms with Crippen LogP contribution in [0.1, 0.15) is 74.3 Å². The summed E-state index contributed by atoms with van der Waals surface area (Å²) in [5, 5.41) is 50.8. The quantitative estimate of drug-likeness (QED) is 0.00709.